The van der Waals surface area contributed by atoms with Gasteiger partial charge >= 0.3 is 0 Å². The second-order valence-electron chi connectivity index (χ2n) is 14.6. The van der Waals surface area contributed by atoms with E-state index in [1.807, 2.05) is 11.8 Å². The summed E-state index contributed by atoms with van der Waals surface area (Å²) in [5, 5.41) is 4.88. The van der Waals surface area contributed by atoms with Gasteiger partial charge in [-0.25, -0.2) is 4.98 Å². The number of aromatic nitrogens is 2. The molecule has 55 heavy (non-hydrogen) atoms. The van der Waals surface area contributed by atoms with Crippen LogP contribution in [0.1, 0.15) is 22.3 Å². The Bertz CT molecular complexity index is 3070. The lowest BCUT2D eigenvalue weighted by Gasteiger charge is -2.40. The van der Waals surface area contributed by atoms with Crippen LogP contribution in [-0.4, -0.2) is 9.55 Å². The van der Waals surface area contributed by atoms with Gasteiger partial charge in [-0.15, -0.1) is 0 Å². The van der Waals surface area contributed by atoms with Crippen molar-refractivity contribution in [1.82, 2.24) is 9.55 Å². The van der Waals surface area contributed by atoms with Gasteiger partial charge in [0.25, 0.3) is 0 Å². The van der Waals surface area contributed by atoms with Gasteiger partial charge in [0.2, 0.25) is 0 Å². The molecule has 2 aliphatic rings. The Labute approximate surface area is 323 Å². The zero-order valence-electron chi connectivity index (χ0n) is 29.8. The topological polar surface area (TPSA) is 17.8 Å². The highest BCUT2D eigenvalue weighted by molar-refractivity contribution is 7.99. The second-order valence-corrected chi connectivity index (χ2v) is 15.7. The summed E-state index contributed by atoms with van der Waals surface area (Å²) < 4.78 is 2.49. The molecule has 1 aliphatic carbocycles. The third-order valence-electron chi connectivity index (χ3n) is 11.8. The van der Waals surface area contributed by atoms with Crippen molar-refractivity contribution in [1.29, 1.82) is 0 Å². The van der Waals surface area contributed by atoms with Gasteiger partial charge in [-0.3, -0.25) is 4.57 Å². The molecule has 3 heteroatoms. The van der Waals surface area contributed by atoms with E-state index in [0.29, 0.717) is 0 Å². The smallest absolute Gasteiger partial charge is 0.138 e. The molecule has 0 saturated heterocycles. The van der Waals surface area contributed by atoms with E-state index in [0.717, 1.165) is 28.2 Å². The first-order chi connectivity index (χ1) is 27.3. The van der Waals surface area contributed by atoms with Crippen molar-refractivity contribution in [2.45, 2.75) is 15.2 Å². The van der Waals surface area contributed by atoms with Crippen molar-refractivity contribution >= 4 is 44.3 Å². The van der Waals surface area contributed by atoms with E-state index in [2.05, 4.69) is 199 Å². The summed E-state index contributed by atoms with van der Waals surface area (Å²) in [5.41, 5.74) is 14.2. The van der Waals surface area contributed by atoms with Crippen LogP contribution in [0.3, 0.4) is 0 Å². The van der Waals surface area contributed by atoms with E-state index >= 15 is 0 Å². The van der Waals surface area contributed by atoms with Crippen LogP contribution in [0.5, 0.6) is 0 Å². The van der Waals surface area contributed by atoms with Gasteiger partial charge in [0.15, 0.2) is 0 Å². The van der Waals surface area contributed by atoms with Crippen LogP contribution in [-0.2, 0) is 5.41 Å². The third kappa shape index (κ3) is 4.24. The maximum atomic E-state index is 5.59. The summed E-state index contributed by atoms with van der Waals surface area (Å²) in [6.07, 6.45) is 0. The molecule has 12 rings (SSSR count). The Hall–Kier alpha value is -6.68. The minimum Gasteiger partial charge on any atom is -0.292 e. The Morgan fingerprint density at radius 1 is 0.418 bits per heavy atom. The summed E-state index contributed by atoms with van der Waals surface area (Å²) >= 11 is 1.90. The number of rotatable bonds is 3. The monoisotopic (exact) mass is 716 g/mol. The van der Waals surface area contributed by atoms with Crippen LogP contribution in [0.2, 0.25) is 0 Å². The van der Waals surface area contributed by atoms with Crippen LogP contribution in [0.25, 0.3) is 71.9 Å². The average Bonchev–Trinajstić information content (AvgIpc) is 3.76. The maximum Gasteiger partial charge on any atom is 0.138 e. The fraction of sp³-hybridized carbons (Fsp3) is 0.0192. The van der Waals surface area contributed by atoms with Gasteiger partial charge in [-0.05, 0) is 68.1 Å². The molecule has 0 amide bonds. The zero-order chi connectivity index (χ0) is 36.1. The highest BCUT2D eigenvalue weighted by Crippen LogP contribution is 2.63. The van der Waals surface area contributed by atoms with Gasteiger partial charge in [0, 0.05) is 31.5 Å². The van der Waals surface area contributed by atoms with Gasteiger partial charge in [0.1, 0.15) is 5.82 Å². The van der Waals surface area contributed by atoms with Crippen molar-refractivity contribution in [3.63, 3.8) is 0 Å². The molecule has 0 radical (unpaired) electrons. The second kappa shape index (κ2) is 11.7. The molecule has 2 aromatic heterocycles. The highest BCUT2D eigenvalue weighted by Gasteiger charge is 2.50. The van der Waals surface area contributed by atoms with E-state index < -0.39 is 5.41 Å². The van der Waals surface area contributed by atoms with Crippen molar-refractivity contribution < 1.29 is 0 Å². The molecule has 0 atom stereocenters. The summed E-state index contributed by atoms with van der Waals surface area (Å²) in [5.74, 6) is 0.908. The van der Waals surface area contributed by atoms with Crippen molar-refractivity contribution in [3.05, 3.63) is 216 Å². The van der Waals surface area contributed by atoms with Gasteiger partial charge in [0.05, 0.1) is 22.1 Å². The summed E-state index contributed by atoms with van der Waals surface area (Å²) in [7, 11) is 0. The molecular weight excluding hydrogens is 685 g/mol. The van der Waals surface area contributed by atoms with Crippen LogP contribution >= 0.6 is 11.8 Å². The maximum absolute atomic E-state index is 5.59. The summed E-state index contributed by atoms with van der Waals surface area (Å²) in [6, 6.07) is 71.2. The molecule has 0 N–H and O–H groups in total. The fourth-order valence-electron chi connectivity index (χ4n) is 9.58. The highest BCUT2D eigenvalue weighted by atomic mass is 32.2. The summed E-state index contributed by atoms with van der Waals surface area (Å²) in [6.45, 7) is 0. The van der Waals surface area contributed by atoms with Gasteiger partial charge < -0.3 is 0 Å². The molecule has 1 spiro atoms. The molecule has 0 bridgehead atoms. The lowest BCUT2D eigenvalue weighted by molar-refractivity contribution is 0.724. The van der Waals surface area contributed by atoms with E-state index in [9.17, 15) is 0 Å². The number of benzene rings is 8. The molecule has 10 aromatic rings. The fourth-order valence-corrected chi connectivity index (χ4v) is 10.9. The van der Waals surface area contributed by atoms with Crippen LogP contribution < -0.4 is 0 Å². The predicted octanol–water partition coefficient (Wildman–Crippen LogP) is 13.5. The number of hydrogen-bond acceptors (Lipinski definition) is 2. The number of hydrogen-bond donors (Lipinski definition) is 0. The minimum absolute atomic E-state index is 0.476. The van der Waals surface area contributed by atoms with E-state index in [1.54, 1.807) is 0 Å². The molecule has 2 nitrogen and oxygen atoms in total. The van der Waals surface area contributed by atoms with Crippen LogP contribution in [0, 0.1) is 0 Å². The Balaban J connectivity index is 1.27. The van der Waals surface area contributed by atoms with E-state index in [-0.39, 0.29) is 0 Å². The molecule has 0 unspecified atom stereocenters. The van der Waals surface area contributed by atoms with Crippen molar-refractivity contribution in [3.8, 4) is 39.3 Å². The normalized spacial score (nSPS) is 13.5. The molecule has 3 heterocycles. The lowest BCUT2D eigenvalue weighted by Crippen LogP contribution is -2.32. The third-order valence-corrected chi connectivity index (χ3v) is 13.0. The van der Waals surface area contributed by atoms with Crippen LogP contribution in [0.15, 0.2) is 204 Å². The largest absolute Gasteiger partial charge is 0.292 e. The first-order valence-corrected chi connectivity index (χ1v) is 19.7. The summed E-state index contributed by atoms with van der Waals surface area (Å²) in [4.78, 5) is 8.14. The molecule has 8 aromatic carbocycles. The lowest BCUT2D eigenvalue weighted by atomic mass is 9.67. The van der Waals surface area contributed by atoms with E-state index in [4.69, 9.17) is 4.98 Å². The molecule has 0 fully saturated rings. The predicted molar refractivity (Wildman–Crippen MR) is 228 cm³/mol. The quantitative estimate of drug-likeness (QED) is 0.181. The number of fused-ring (bicyclic) bond motifs is 15. The Morgan fingerprint density at radius 3 is 1.78 bits per heavy atom. The molecule has 0 saturated carbocycles. The van der Waals surface area contributed by atoms with Gasteiger partial charge in [-0.2, -0.15) is 0 Å². The average molecular weight is 717 g/mol. The first-order valence-electron chi connectivity index (χ1n) is 18.9. The van der Waals surface area contributed by atoms with Crippen LogP contribution in [0.4, 0.5) is 0 Å². The van der Waals surface area contributed by atoms with E-state index in [1.165, 1.54) is 75.7 Å². The van der Waals surface area contributed by atoms with Crippen molar-refractivity contribution in [2.24, 2.45) is 0 Å². The molecular formula is C52H32N2S. The van der Waals surface area contributed by atoms with Gasteiger partial charge in [-0.1, -0.05) is 188 Å². The molecule has 1 aliphatic heterocycles. The molecule has 256 valence electrons. The first kappa shape index (κ1) is 30.7. The number of pyridine rings is 1. The Kier molecular flexibility index (Phi) is 6.52. The standard InChI is InChI=1S/C52H32N2S/c1-3-15-33(16-4-1)36-31-46(35-18-5-2-6-19-35)53-48(32-36)54-49-37-20-8-7-17-34(37)27-28-40(49)41-29-30-45-51(50(41)54)55-47-26-14-13-25-44(47)52(45)42-23-11-9-21-38(42)39-22-10-12-24-43(39)52/h1-32H. The Morgan fingerprint density at radius 2 is 1.02 bits per heavy atom. The minimum atomic E-state index is -0.476. The zero-order valence-corrected chi connectivity index (χ0v) is 30.6. The van der Waals surface area contributed by atoms with Crippen molar-refractivity contribution in [2.75, 3.05) is 0 Å². The SMILES string of the molecule is c1ccc(-c2cc(-c3ccccc3)nc(-n3c4c5c(ccc4c4ccc6ccccc6c43)C3(c4ccccc4S5)c4ccccc4-c4ccccc43)c2)cc1. The number of nitrogens with zero attached hydrogens (tertiary/aromatic N) is 2.